The van der Waals surface area contributed by atoms with Crippen molar-refractivity contribution in [3.63, 3.8) is 0 Å². The van der Waals surface area contributed by atoms with E-state index in [1.165, 1.54) is 77.0 Å². The molecule has 0 amide bonds. The molecule has 0 aliphatic carbocycles. The molecule has 0 saturated heterocycles. The van der Waals surface area contributed by atoms with Gasteiger partial charge < -0.3 is 4.74 Å². The Balaban J connectivity index is 2.86. The minimum absolute atomic E-state index is 0.937. The second kappa shape index (κ2) is 17.0. The van der Waals surface area contributed by atoms with Crippen molar-refractivity contribution in [3.05, 3.63) is 6.92 Å². The second-order valence-corrected chi connectivity index (χ2v) is 5.36. The summed E-state index contributed by atoms with van der Waals surface area (Å²) in [6.45, 7) is 8.01. The van der Waals surface area contributed by atoms with Gasteiger partial charge in [0.2, 0.25) is 0 Å². The lowest BCUT2D eigenvalue weighted by molar-refractivity contribution is 0.126. The van der Waals surface area contributed by atoms with Crippen LogP contribution in [0.15, 0.2) is 0 Å². The maximum Gasteiger partial charge on any atom is 0.0466 e. The molecular weight excluding hydrogens is 220 g/mol. The molecule has 0 bridgehead atoms. The highest BCUT2D eigenvalue weighted by atomic mass is 16.5. The number of unbranched alkanes of at least 4 members (excludes halogenated alkanes) is 11. The van der Waals surface area contributed by atoms with Gasteiger partial charge in [0.1, 0.15) is 0 Å². The third-order valence-corrected chi connectivity index (χ3v) is 3.43. The standard InChI is InChI=1S/C17H35O/c1-3-5-7-8-9-10-11-12-13-15-17-18-16-14-6-4-2/h2-17H2,1H3. The first kappa shape index (κ1) is 18.0. The van der Waals surface area contributed by atoms with Gasteiger partial charge in [-0.1, -0.05) is 84.5 Å². The van der Waals surface area contributed by atoms with Crippen molar-refractivity contribution >= 4 is 0 Å². The Morgan fingerprint density at radius 2 is 1.06 bits per heavy atom. The molecule has 0 unspecified atom stereocenters. The van der Waals surface area contributed by atoms with Crippen LogP contribution >= 0.6 is 0 Å². The van der Waals surface area contributed by atoms with Gasteiger partial charge in [0, 0.05) is 13.2 Å². The van der Waals surface area contributed by atoms with E-state index in [0.717, 1.165) is 19.6 Å². The van der Waals surface area contributed by atoms with Crippen molar-refractivity contribution in [2.24, 2.45) is 0 Å². The summed E-state index contributed by atoms with van der Waals surface area (Å²) in [5.41, 5.74) is 0. The fourth-order valence-corrected chi connectivity index (χ4v) is 2.17. The van der Waals surface area contributed by atoms with Crippen LogP contribution < -0.4 is 0 Å². The van der Waals surface area contributed by atoms with E-state index in [-0.39, 0.29) is 0 Å². The normalized spacial score (nSPS) is 11.0. The van der Waals surface area contributed by atoms with Crippen LogP contribution in [0.25, 0.3) is 0 Å². The molecular formula is C17H35O. The second-order valence-electron chi connectivity index (χ2n) is 5.36. The largest absolute Gasteiger partial charge is 0.381 e. The zero-order valence-corrected chi connectivity index (χ0v) is 12.7. The van der Waals surface area contributed by atoms with Crippen molar-refractivity contribution in [1.29, 1.82) is 0 Å². The maximum atomic E-state index is 5.58. The van der Waals surface area contributed by atoms with Crippen LogP contribution in [0, 0.1) is 6.92 Å². The average Bonchev–Trinajstić information content (AvgIpc) is 2.39. The molecule has 1 heteroatoms. The fraction of sp³-hybridized carbons (Fsp3) is 0.941. The van der Waals surface area contributed by atoms with Crippen LogP contribution in [-0.2, 0) is 4.74 Å². The zero-order chi connectivity index (χ0) is 13.3. The van der Waals surface area contributed by atoms with Gasteiger partial charge in [0.15, 0.2) is 0 Å². The van der Waals surface area contributed by atoms with Crippen LogP contribution in [0.3, 0.4) is 0 Å². The average molecular weight is 255 g/mol. The first-order valence-electron chi connectivity index (χ1n) is 8.28. The van der Waals surface area contributed by atoms with E-state index in [0.29, 0.717) is 0 Å². The van der Waals surface area contributed by atoms with Crippen molar-refractivity contribution in [2.75, 3.05) is 13.2 Å². The highest BCUT2D eigenvalue weighted by Gasteiger charge is 1.93. The lowest BCUT2D eigenvalue weighted by atomic mass is 10.1. The van der Waals surface area contributed by atoms with E-state index in [1.54, 1.807) is 0 Å². The molecule has 0 aliphatic heterocycles. The van der Waals surface area contributed by atoms with Gasteiger partial charge in [-0.15, -0.1) is 0 Å². The SMILES string of the molecule is [CH2]CCCCOCCCCCCCCCCCC. The Morgan fingerprint density at radius 3 is 1.56 bits per heavy atom. The van der Waals surface area contributed by atoms with Crippen LogP contribution in [0.2, 0.25) is 0 Å². The molecule has 109 valence electrons. The Morgan fingerprint density at radius 1 is 0.611 bits per heavy atom. The van der Waals surface area contributed by atoms with Crippen LogP contribution in [0.1, 0.15) is 90.4 Å². The first-order chi connectivity index (χ1) is 8.91. The number of rotatable bonds is 15. The zero-order valence-electron chi connectivity index (χ0n) is 12.7. The van der Waals surface area contributed by atoms with Gasteiger partial charge in [-0.05, 0) is 12.8 Å². The van der Waals surface area contributed by atoms with Crippen molar-refractivity contribution in [1.82, 2.24) is 0 Å². The highest BCUT2D eigenvalue weighted by molar-refractivity contribution is 4.47. The number of hydrogen-bond acceptors (Lipinski definition) is 1. The van der Waals surface area contributed by atoms with Gasteiger partial charge in [-0.2, -0.15) is 0 Å². The fourth-order valence-electron chi connectivity index (χ4n) is 2.17. The van der Waals surface area contributed by atoms with Crippen LogP contribution in [0.5, 0.6) is 0 Å². The number of hydrogen-bond donors (Lipinski definition) is 0. The summed E-state index contributed by atoms with van der Waals surface area (Å²) in [7, 11) is 0. The lowest BCUT2D eigenvalue weighted by Gasteiger charge is -2.04. The third kappa shape index (κ3) is 16.0. The Bertz CT molecular complexity index is 118. The van der Waals surface area contributed by atoms with E-state index in [2.05, 4.69) is 13.8 Å². The summed E-state index contributed by atoms with van der Waals surface area (Å²) >= 11 is 0. The van der Waals surface area contributed by atoms with Crippen molar-refractivity contribution < 1.29 is 4.74 Å². The van der Waals surface area contributed by atoms with Crippen molar-refractivity contribution in [2.45, 2.75) is 90.4 Å². The molecule has 0 aliphatic rings. The molecule has 0 aromatic heterocycles. The molecule has 0 fully saturated rings. The predicted octanol–water partition coefficient (Wildman–Crippen LogP) is 5.93. The lowest BCUT2D eigenvalue weighted by Crippen LogP contribution is -1.96. The first-order valence-corrected chi connectivity index (χ1v) is 8.28. The van der Waals surface area contributed by atoms with E-state index in [9.17, 15) is 0 Å². The minimum atomic E-state index is 0.937. The van der Waals surface area contributed by atoms with E-state index >= 15 is 0 Å². The smallest absolute Gasteiger partial charge is 0.0466 e. The molecule has 0 saturated carbocycles. The predicted molar refractivity (Wildman–Crippen MR) is 81.9 cm³/mol. The van der Waals surface area contributed by atoms with Crippen LogP contribution in [-0.4, -0.2) is 13.2 Å². The molecule has 0 rings (SSSR count). The van der Waals surface area contributed by atoms with Gasteiger partial charge in [0.25, 0.3) is 0 Å². The molecule has 0 aromatic carbocycles. The molecule has 18 heavy (non-hydrogen) atoms. The van der Waals surface area contributed by atoms with E-state index in [1.807, 2.05) is 0 Å². The van der Waals surface area contributed by atoms with Gasteiger partial charge in [-0.25, -0.2) is 0 Å². The highest BCUT2D eigenvalue weighted by Crippen LogP contribution is 2.10. The monoisotopic (exact) mass is 255 g/mol. The maximum absolute atomic E-state index is 5.58. The third-order valence-electron chi connectivity index (χ3n) is 3.43. The molecule has 1 radical (unpaired) electrons. The summed E-state index contributed by atoms with van der Waals surface area (Å²) in [4.78, 5) is 0. The molecule has 0 N–H and O–H groups in total. The Kier molecular flexibility index (Phi) is 16.9. The molecule has 1 nitrogen and oxygen atoms in total. The van der Waals surface area contributed by atoms with Crippen molar-refractivity contribution in [3.8, 4) is 0 Å². The Hall–Kier alpha value is -0.0400. The molecule has 0 heterocycles. The summed E-state index contributed by atoms with van der Waals surface area (Å²) in [6.07, 6.45) is 17.4. The molecule has 0 spiro atoms. The minimum Gasteiger partial charge on any atom is -0.381 e. The van der Waals surface area contributed by atoms with Gasteiger partial charge in [0.05, 0.1) is 0 Å². The molecule has 0 atom stereocenters. The topological polar surface area (TPSA) is 9.23 Å². The quantitative estimate of drug-likeness (QED) is 0.330. The summed E-state index contributed by atoms with van der Waals surface area (Å²) in [5.74, 6) is 0. The molecule has 0 aromatic rings. The number of ether oxygens (including phenoxy) is 1. The van der Waals surface area contributed by atoms with E-state index in [4.69, 9.17) is 4.74 Å². The summed E-state index contributed by atoms with van der Waals surface area (Å²) in [6, 6.07) is 0. The van der Waals surface area contributed by atoms with E-state index < -0.39 is 0 Å². The Labute approximate surface area is 116 Å². The summed E-state index contributed by atoms with van der Waals surface area (Å²) in [5, 5.41) is 0. The van der Waals surface area contributed by atoms with Crippen LogP contribution in [0.4, 0.5) is 0 Å². The van der Waals surface area contributed by atoms with Gasteiger partial charge >= 0.3 is 0 Å². The summed E-state index contributed by atoms with van der Waals surface area (Å²) < 4.78 is 5.58. The van der Waals surface area contributed by atoms with Gasteiger partial charge in [-0.3, -0.25) is 0 Å².